The predicted octanol–water partition coefficient (Wildman–Crippen LogP) is 4.24. The number of para-hydroxylation sites is 1. The molecule has 0 spiro atoms. The summed E-state index contributed by atoms with van der Waals surface area (Å²) in [5, 5.41) is 15.8. The van der Waals surface area contributed by atoms with Crippen LogP contribution in [-0.4, -0.2) is 30.9 Å². The molecule has 134 valence electrons. The molecular weight excluding hydrogens is 356 g/mol. The molecule has 0 amide bonds. The molecule has 6 nitrogen and oxygen atoms in total. The second-order valence-corrected chi connectivity index (χ2v) is 6.40. The SMILES string of the molecule is CCc1ccc(-c2nn(-c3ccccc3)cc2/C=N\n2cn[nH]c2=S)cc1. The maximum absolute atomic E-state index is 5.15. The molecule has 0 aliphatic carbocycles. The Labute approximate surface area is 161 Å². The van der Waals surface area contributed by atoms with Crippen LogP contribution < -0.4 is 0 Å². The molecule has 0 aliphatic heterocycles. The summed E-state index contributed by atoms with van der Waals surface area (Å²) in [5.74, 6) is 0. The fourth-order valence-electron chi connectivity index (χ4n) is 2.77. The first-order chi connectivity index (χ1) is 13.2. The van der Waals surface area contributed by atoms with Gasteiger partial charge in [-0.25, -0.2) is 4.68 Å². The fraction of sp³-hybridized carbons (Fsp3) is 0.100. The third-order valence-corrected chi connectivity index (χ3v) is 4.53. The molecule has 2 aromatic heterocycles. The highest BCUT2D eigenvalue weighted by Crippen LogP contribution is 2.23. The van der Waals surface area contributed by atoms with Gasteiger partial charge in [-0.1, -0.05) is 49.4 Å². The Bertz CT molecular complexity index is 1120. The van der Waals surface area contributed by atoms with Crippen LogP contribution in [0.5, 0.6) is 0 Å². The normalized spacial score (nSPS) is 11.3. The molecule has 0 saturated heterocycles. The van der Waals surface area contributed by atoms with E-state index in [2.05, 4.69) is 46.5 Å². The molecule has 2 aromatic carbocycles. The predicted molar refractivity (Wildman–Crippen MR) is 109 cm³/mol. The molecule has 0 atom stereocenters. The van der Waals surface area contributed by atoms with E-state index in [9.17, 15) is 0 Å². The van der Waals surface area contributed by atoms with E-state index >= 15 is 0 Å². The lowest BCUT2D eigenvalue weighted by molar-refractivity contribution is 0.862. The van der Waals surface area contributed by atoms with Crippen molar-refractivity contribution >= 4 is 18.4 Å². The van der Waals surface area contributed by atoms with Gasteiger partial charge in [-0.05, 0) is 36.3 Å². The van der Waals surface area contributed by atoms with Crippen molar-refractivity contribution in [2.45, 2.75) is 13.3 Å². The van der Waals surface area contributed by atoms with Gasteiger partial charge in [0.15, 0.2) is 0 Å². The summed E-state index contributed by atoms with van der Waals surface area (Å²) < 4.78 is 3.81. The number of H-pyrrole nitrogens is 1. The number of aromatic nitrogens is 5. The molecule has 4 rings (SSSR count). The Morgan fingerprint density at radius 1 is 1.11 bits per heavy atom. The second-order valence-electron chi connectivity index (χ2n) is 6.01. The van der Waals surface area contributed by atoms with Gasteiger partial charge >= 0.3 is 0 Å². The van der Waals surface area contributed by atoms with E-state index in [4.69, 9.17) is 17.3 Å². The average molecular weight is 374 g/mol. The Morgan fingerprint density at radius 2 is 1.89 bits per heavy atom. The van der Waals surface area contributed by atoms with Crippen LogP contribution in [0.3, 0.4) is 0 Å². The van der Waals surface area contributed by atoms with Crippen molar-refractivity contribution in [1.29, 1.82) is 0 Å². The van der Waals surface area contributed by atoms with Crippen LogP contribution in [0, 0.1) is 4.77 Å². The maximum atomic E-state index is 5.15. The fourth-order valence-corrected chi connectivity index (χ4v) is 2.91. The van der Waals surface area contributed by atoms with Gasteiger partial charge in [-0.2, -0.15) is 20.0 Å². The Morgan fingerprint density at radius 3 is 2.56 bits per heavy atom. The molecule has 4 aromatic rings. The molecule has 1 N–H and O–H groups in total. The molecule has 0 unspecified atom stereocenters. The van der Waals surface area contributed by atoms with Gasteiger partial charge in [-0.3, -0.25) is 5.10 Å². The van der Waals surface area contributed by atoms with Gasteiger partial charge in [0.25, 0.3) is 0 Å². The molecule has 0 radical (unpaired) electrons. The zero-order valence-corrected chi connectivity index (χ0v) is 15.6. The molecule has 0 aliphatic rings. The van der Waals surface area contributed by atoms with Crippen molar-refractivity contribution in [3.8, 4) is 16.9 Å². The largest absolute Gasteiger partial charge is 0.250 e. The summed E-state index contributed by atoms with van der Waals surface area (Å²) >= 11 is 5.15. The van der Waals surface area contributed by atoms with E-state index in [-0.39, 0.29) is 0 Å². The Hall–Kier alpha value is -3.32. The average Bonchev–Trinajstić information content (AvgIpc) is 3.33. The molecular formula is C20H18N6S. The molecule has 27 heavy (non-hydrogen) atoms. The summed E-state index contributed by atoms with van der Waals surface area (Å²) in [6.45, 7) is 2.14. The number of hydrogen-bond acceptors (Lipinski definition) is 4. The smallest absolute Gasteiger partial charge is 0.216 e. The van der Waals surface area contributed by atoms with Gasteiger partial charge in [0.05, 0.1) is 11.9 Å². The summed E-state index contributed by atoms with van der Waals surface area (Å²) in [5.41, 5.74) is 5.08. The zero-order chi connectivity index (χ0) is 18.6. The van der Waals surface area contributed by atoms with Crippen molar-refractivity contribution in [2.24, 2.45) is 5.10 Å². The standard InChI is InChI=1S/C20H18N6S/c1-2-15-8-10-16(11-9-15)19-17(12-22-26-14-21-23-20(26)27)13-25(24-19)18-6-4-3-5-7-18/h3-14H,2H2,1H3,(H,23,27)/b22-12-. The number of benzene rings is 2. The first-order valence-electron chi connectivity index (χ1n) is 8.65. The van der Waals surface area contributed by atoms with Crippen LogP contribution in [-0.2, 0) is 6.42 Å². The van der Waals surface area contributed by atoms with Crippen LogP contribution in [0.25, 0.3) is 16.9 Å². The number of rotatable bonds is 5. The number of nitrogens with one attached hydrogen (secondary N) is 1. The van der Waals surface area contributed by atoms with Crippen LogP contribution in [0.4, 0.5) is 0 Å². The van der Waals surface area contributed by atoms with Gasteiger partial charge in [-0.15, -0.1) is 0 Å². The Kier molecular flexibility index (Phi) is 4.76. The molecule has 0 saturated carbocycles. The minimum atomic E-state index is 0.440. The molecule has 0 bridgehead atoms. The highest BCUT2D eigenvalue weighted by molar-refractivity contribution is 7.71. The quantitative estimate of drug-likeness (QED) is 0.420. The van der Waals surface area contributed by atoms with Crippen LogP contribution >= 0.6 is 12.2 Å². The summed E-state index contributed by atoms with van der Waals surface area (Å²) in [4.78, 5) is 0. The van der Waals surface area contributed by atoms with Gasteiger partial charge in [0.1, 0.15) is 12.0 Å². The number of hydrogen-bond donors (Lipinski definition) is 1. The maximum Gasteiger partial charge on any atom is 0.216 e. The monoisotopic (exact) mass is 374 g/mol. The van der Waals surface area contributed by atoms with Crippen molar-refractivity contribution in [2.75, 3.05) is 0 Å². The van der Waals surface area contributed by atoms with E-state index < -0.39 is 0 Å². The first kappa shape index (κ1) is 17.1. The topological polar surface area (TPSA) is 63.8 Å². The highest BCUT2D eigenvalue weighted by Gasteiger charge is 2.11. The van der Waals surface area contributed by atoms with Crippen LogP contribution in [0.15, 0.2) is 72.2 Å². The van der Waals surface area contributed by atoms with Gasteiger partial charge in [0.2, 0.25) is 4.77 Å². The van der Waals surface area contributed by atoms with Gasteiger partial charge < -0.3 is 0 Å². The zero-order valence-electron chi connectivity index (χ0n) is 14.8. The lowest BCUT2D eigenvalue weighted by atomic mass is 10.1. The van der Waals surface area contributed by atoms with E-state index in [0.29, 0.717) is 4.77 Å². The first-order valence-corrected chi connectivity index (χ1v) is 9.06. The molecule has 7 heteroatoms. The summed E-state index contributed by atoms with van der Waals surface area (Å²) in [7, 11) is 0. The third kappa shape index (κ3) is 3.63. The minimum absolute atomic E-state index is 0.440. The van der Waals surface area contributed by atoms with Crippen molar-refractivity contribution in [3.05, 3.63) is 83.0 Å². The molecule has 0 fully saturated rings. The number of nitrogens with zero attached hydrogens (tertiary/aromatic N) is 5. The van der Waals surface area contributed by atoms with E-state index in [1.54, 1.807) is 6.21 Å². The molecule has 2 heterocycles. The van der Waals surface area contributed by atoms with Crippen LogP contribution in [0.1, 0.15) is 18.1 Å². The third-order valence-electron chi connectivity index (χ3n) is 4.26. The van der Waals surface area contributed by atoms with E-state index in [1.807, 2.05) is 41.2 Å². The van der Waals surface area contributed by atoms with Gasteiger partial charge in [0, 0.05) is 17.3 Å². The minimum Gasteiger partial charge on any atom is -0.250 e. The second kappa shape index (κ2) is 7.51. The lowest BCUT2D eigenvalue weighted by Gasteiger charge is -2.02. The lowest BCUT2D eigenvalue weighted by Crippen LogP contribution is -1.94. The van der Waals surface area contributed by atoms with Crippen molar-refractivity contribution in [3.63, 3.8) is 0 Å². The number of aryl methyl sites for hydroxylation is 1. The van der Waals surface area contributed by atoms with Crippen molar-refractivity contribution < 1.29 is 0 Å². The highest BCUT2D eigenvalue weighted by atomic mass is 32.1. The van der Waals surface area contributed by atoms with Crippen LogP contribution in [0.2, 0.25) is 0 Å². The van der Waals surface area contributed by atoms with Crippen molar-refractivity contribution in [1.82, 2.24) is 24.7 Å². The van der Waals surface area contributed by atoms with E-state index in [1.165, 1.54) is 16.6 Å². The number of aromatic amines is 1. The summed E-state index contributed by atoms with van der Waals surface area (Å²) in [6.07, 6.45) is 6.26. The summed E-state index contributed by atoms with van der Waals surface area (Å²) in [6, 6.07) is 18.5. The Balaban J connectivity index is 1.79. The van der Waals surface area contributed by atoms with E-state index in [0.717, 1.165) is 28.9 Å².